The van der Waals surface area contributed by atoms with Crippen LogP contribution in [-0.2, 0) is 0 Å². The molecule has 6 heteroatoms. The number of hydrogen-bond acceptors (Lipinski definition) is 6. The summed E-state index contributed by atoms with van der Waals surface area (Å²) < 4.78 is 5.82. The molecule has 0 aliphatic carbocycles. The smallest absolute Gasteiger partial charge is 0.224 e. The van der Waals surface area contributed by atoms with Crippen LogP contribution in [0, 0.1) is 0 Å². The van der Waals surface area contributed by atoms with E-state index < -0.39 is 0 Å². The zero-order valence-electron chi connectivity index (χ0n) is 14.9. The molecule has 2 rings (SSSR count). The molecule has 2 N–H and O–H groups in total. The minimum absolute atomic E-state index is 0.118. The fourth-order valence-corrected chi connectivity index (χ4v) is 2.17. The van der Waals surface area contributed by atoms with Crippen LogP contribution in [0.1, 0.15) is 20.3 Å². The Balaban J connectivity index is 1.99. The van der Waals surface area contributed by atoms with E-state index in [1.165, 1.54) is 0 Å². The van der Waals surface area contributed by atoms with Crippen molar-refractivity contribution in [3.05, 3.63) is 36.5 Å². The minimum atomic E-state index is 0.118. The molecule has 0 unspecified atom stereocenters. The van der Waals surface area contributed by atoms with Crippen LogP contribution >= 0.6 is 0 Å². The van der Waals surface area contributed by atoms with Crippen molar-refractivity contribution in [2.24, 2.45) is 0 Å². The van der Waals surface area contributed by atoms with E-state index in [-0.39, 0.29) is 6.10 Å². The molecule has 0 bridgehead atoms. The second-order valence-electron chi connectivity index (χ2n) is 6.14. The summed E-state index contributed by atoms with van der Waals surface area (Å²) in [6, 6.07) is 9.70. The summed E-state index contributed by atoms with van der Waals surface area (Å²) in [7, 11) is 4.13. The van der Waals surface area contributed by atoms with Gasteiger partial charge in [-0.3, -0.25) is 0 Å². The molecular formula is C18H27N5O. The van der Waals surface area contributed by atoms with Crippen molar-refractivity contribution in [2.75, 3.05) is 37.8 Å². The molecule has 24 heavy (non-hydrogen) atoms. The van der Waals surface area contributed by atoms with Gasteiger partial charge in [0.05, 0.1) is 11.8 Å². The Labute approximate surface area is 144 Å². The van der Waals surface area contributed by atoms with Gasteiger partial charge < -0.3 is 20.3 Å². The van der Waals surface area contributed by atoms with Crippen LogP contribution in [0.3, 0.4) is 0 Å². The number of ether oxygens (including phenoxy) is 1. The zero-order chi connectivity index (χ0) is 17.4. The first-order valence-corrected chi connectivity index (χ1v) is 8.29. The summed E-state index contributed by atoms with van der Waals surface area (Å²) in [6.45, 7) is 5.90. The van der Waals surface area contributed by atoms with Crippen LogP contribution < -0.4 is 15.4 Å². The first kappa shape index (κ1) is 18.0. The van der Waals surface area contributed by atoms with E-state index >= 15 is 0 Å². The molecule has 0 atom stereocenters. The quantitative estimate of drug-likeness (QED) is 0.688. The predicted octanol–water partition coefficient (Wildman–Crippen LogP) is 3.37. The highest BCUT2D eigenvalue weighted by Crippen LogP contribution is 2.27. The molecule has 1 aromatic heterocycles. The molecule has 0 amide bonds. The number of nitrogens with zero attached hydrogens (tertiary/aromatic N) is 3. The topological polar surface area (TPSA) is 62.3 Å². The van der Waals surface area contributed by atoms with Gasteiger partial charge in [-0.2, -0.15) is 4.98 Å². The van der Waals surface area contributed by atoms with Gasteiger partial charge in [0.1, 0.15) is 11.6 Å². The third-order valence-corrected chi connectivity index (χ3v) is 3.23. The second kappa shape index (κ2) is 9.08. The Kier molecular flexibility index (Phi) is 6.81. The van der Waals surface area contributed by atoms with Gasteiger partial charge >= 0.3 is 0 Å². The fraction of sp³-hybridized carbons (Fsp3) is 0.444. The largest absolute Gasteiger partial charge is 0.489 e. The molecule has 1 aromatic carbocycles. The average Bonchev–Trinajstić information content (AvgIpc) is 2.53. The van der Waals surface area contributed by atoms with Crippen LogP contribution in [0.25, 0.3) is 0 Å². The van der Waals surface area contributed by atoms with E-state index in [0.29, 0.717) is 5.95 Å². The zero-order valence-corrected chi connectivity index (χ0v) is 14.9. The highest BCUT2D eigenvalue weighted by molar-refractivity contribution is 5.64. The van der Waals surface area contributed by atoms with Crippen molar-refractivity contribution in [1.82, 2.24) is 14.9 Å². The van der Waals surface area contributed by atoms with Crippen LogP contribution in [0.4, 0.5) is 17.5 Å². The van der Waals surface area contributed by atoms with Gasteiger partial charge in [-0.25, -0.2) is 4.98 Å². The number of anilines is 3. The van der Waals surface area contributed by atoms with Crippen molar-refractivity contribution >= 4 is 17.5 Å². The van der Waals surface area contributed by atoms with Crippen molar-refractivity contribution in [2.45, 2.75) is 26.4 Å². The number of benzene rings is 1. The maximum absolute atomic E-state index is 5.82. The molecule has 2 aromatic rings. The molecule has 6 nitrogen and oxygen atoms in total. The van der Waals surface area contributed by atoms with Gasteiger partial charge in [0.15, 0.2) is 0 Å². The SMILES string of the molecule is CC(C)Oc1ccccc1Nc1ccnc(NCCCN(C)C)n1. The summed E-state index contributed by atoms with van der Waals surface area (Å²) in [5.41, 5.74) is 0.892. The Bertz CT molecular complexity index is 630. The molecule has 130 valence electrons. The van der Waals surface area contributed by atoms with Crippen LogP contribution in [-0.4, -0.2) is 48.2 Å². The number of hydrogen-bond donors (Lipinski definition) is 2. The molecule has 1 heterocycles. The van der Waals surface area contributed by atoms with Gasteiger partial charge in [0.25, 0.3) is 0 Å². The van der Waals surface area contributed by atoms with Crippen molar-refractivity contribution in [1.29, 1.82) is 0 Å². The van der Waals surface area contributed by atoms with Gasteiger partial charge in [-0.15, -0.1) is 0 Å². The Morgan fingerprint density at radius 2 is 1.96 bits per heavy atom. The summed E-state index contributed by atoms with van der Waals surface area (Å²) in [5.74, 6) is 2.17. The lowest BCUT2D eigenvalue weighted by Crippen LogP contribution is -2.17. The van der Waals surface area contributed by atoms with Crippen LogP contribution in [0.2, 0.25) is 0 Å². The minimum Gasteiger partial charge on any atom is -0.489 e. The standard InChI is InChI=1S/C18H27N5O/c1-14(2)24-16-9-6-5-8-15(16)21-17-10-12-20-18(22-17)19-11-7-13-23(3)4/h5-6,8-10,12,14H,7,11,13H2,1-4H3,(H2,19,20,21,22). The molecule has 0 saturated carbocycles. The van der Waals surface area contributed by atoms with Gasteiger partial charge in [-0.05, 0) is 59.1 Å². The van der Waals surface area contributed by atoms with Crippen LogP contribution in [0.5, 0.6) is 5.75 Å². The highest BCUT2D eigenvalue weighted by Gasteiger charge is 2.06. The molecule has 0 fully saturated rings. The van der Waals surface area contributed by atoms with E-state index in [4.69, 9.17) is 4.74 Å². The lowest BCUT2D eigenvalue weighted by atomic mass is 10.3. The van der Waals surface area contributed by atoms with Crippen LogP contribution in [0.15, 0.2) is 36.5 Å². The van der Waals surface area contributed by atoms with E-state index in [1.807, 2.05) is 44.2 Å². The number of rotatable bonds is 9. The van der Waals surface area contributed by atoms with Crippen molar-refractivity contribution in [3.8, 4) is 5.75 Å². The lowest BCUT2D eigenvalue weighted by molar-refractivity contribution is 0.244. The monoisotopic (exact) mass is 329 g/mol. The summed E-state index contributed by atoms with van der Waals surface area (Å²) in [4.78, 5) is 10.9. The van der Waals surface area contributed by atoms with E-state index in [0.717, 1.165) is 36.8 Å². The van der Waals surface area contributed by atoms with Crippen molar-refractivity contribution in [3.63, 3.8) is 0 Å². The maximum Gasteiger partial charge on any atom is 0.224 e. The third kappa shape index (κ3) is 6.04. The summed E-state index contributed by atoms with van der Waals surface area (Å²) in [5, 5.41) is 6.56. The first-order chi connectivity index (χ1) is 11.5. The second-order valence-corrected chi connectivity index (χ2v) is 6.14. The average molecular weight is 329 g/mol. The highest BCUT2D eigenvalue weighted by atomic mass is 16.5. The third-order valence-electron chi connectivity index (χ3n) is 3.23. The van der Waals surface area contributed by atoms with Gasteiger partial charge in [0.2, 0.25) is 5.95 Å². The number of aromatic nitrogens is 2. The predicted molar refractivity (Wildman–Crippen MR) is 99.2 cm³/mol. The molecular weight excluding hydrogens is 302 g/mol. The molecule has 0 aliphatic rings. The number of nitrogens with one attached hydrogen (secondary N) is 2. The fourth-order valence-electron chi connectivity index (χ4n) is 2.17. The lowest BCUT2D eigenvalue weighted by Gasteiger charge is -2.15. The molecule has 0 radical (unpaired) electrons. The first-order valence-electron chi connectivity index (χ1n) is 8.29. The van der Waals surface area contributed by atoms with E-state index in [9.17, 15) is 0 Å². The molecule has 0 aliphatic heterocycles. The van der Waals surface area contributed by atoms with Gasteiger partial charge in [-0.1, -0.05) is 12.1 Å². The Hall–Kier alpha value is -2.34. The number of para-hydroxylation sites is 2. The molecule has 0 spiro atoms. The Morgan fingerprint density at radius 1 is 1.17 bits per heavy atom. The maximum atomic E-state index is 5.82. The van der Waals surface area contributed by atoms with Crippen molar-refractivity contribution < 1.29 is 4.74 Å². The normalized spacial score (nSPS) is 10.9. The Morgan fingerprint density at radius 3 is 2.71 bits per heavy atom. The van der Waals surface area contributed by atoms with E-state index in [1.54, 1.807) is 6.20 Å². The molecule has 0 saturated heterocycles. The summed E-state index contributed by atoms with van der Waals surface area (Å²) >= 11 is 0. The summed E-state index contributed by atoms with van der Waals surface area (Å²) in [6.07, 6.45) is 2.90. The van der Waals surface area contributed by atoms with E-state index in [2.05, 4.69) is 39.6 Å². The van der Waals surface area contributed by atoms with Gasteiger partial charge in [0, 0.05) is 12.7 Å².